The van der Waals surface area contributed by atoms with Crippen LogP contribution in [0, 0.1) is 0 Å². The lowest BCUT2D eigenvalue weighted by Gasteiger charge is -2.31. The Morgan fingerprint density at radius 3 is 2.48 bits per heavy atom. The molecule has 0 bridgehead atoms. The van der Waals surface area contributed by atoms with Crippen LogP contribution in [0.5, 0.6) is 0 Å². The van der Waals surface area contributed by atoms with Gasteiger partial charge in [-0.25, -0.2) is 9.97 Å². The second-order valence-electron chi connectivity index (χ2n) is 7.43. The molecule has 33 heavy (non-hydrogen) atoms. The second-order valence-corrected chi connectivity index (χ2v) is 9.12. The monoisotopic (exact) mass is 478 g/mol. The van der Waals surface area contributed by atoms with Gasteiger partial charge in [0.2, 0.25) is 5.91 Å². The van der Waals surface area contributed by atoms with Gasteiger partial charge in [-0.05, 0) is 0 Å². The largest absolute Gasteiger partial charge is 0.395 e. The molecule has 2 amide bonds. The smallest absolute Gasteiger partial charge is 0.328 e. The molecule has 1 unspecified atom stereocenters. The first-order chi connectivity index (χ1) is 15.8. The van der Waals surface area contributed by atoms with Gasteiger partial charge in [-0.2, -0.15) is 0 Å². The van der Waals surface area contributed by atoms with E-state index in [0.717, 1.165) is 0 Å². The number of piperazine rings is 1. The van der Waals surface area contributed by atoms with Crippen molar-refractivity contribution >= 4 is 25.2 Å². The van der Waals surface area contributed by atoms with E-state index in [1.165, 1.54) is 11.0 Å². The number of rotatable bonds is 9. The lowest BCUT2D eigenvalue weighted by Crippen LogP contribution is -2.55. The van der Waals surface area contributed by atoms with Crippen LogP contribution in [0.3, 0.4) is 0 Å². The van der Waals surface area contributed by atoms with Crippen molar-refractivity contribution in [3.05, 3.63) is 42.1 Å². The maximum atomic E-state index is 13.0. The Kier molecular flexibility index (Phi) is 8.48. The van der Waals surface area contributed by atoms with Gasteiger partial charge >= 0.3 is 7.60 Å². The first kappa shape index (κ1) is 24.7. The van der Waals surface area contributed by atoms with E-state index in [-0.39, 0.29) is 30.5 Å². The summed E-state index contributed by atoms with van der Waals surface area (Å²) in [7, 11) is -4.61. The van der Waals surface area contributed by atoms with E-state index in [1.807, 2.05) is 6.07 Å². The van der Waals surface area contributed by atoms with E-state index >= 15 is 0 Å². The van der Waals surface area contributed by atoms with Gasteiger partial charge in [0.05, 0.1) is 12.8 Å². The number of nitrogens with one attached hydrogen (secondary N) is 3. The number of aliphatic hydroxyl groups excluding tert-OH is 1. The van der Waals surface area contributed by atoms with Crippen LogP contribution in [0.15, 0.2) is 36.4 Å². The minimum Gasteiger partial charge on any atom is -0.395 e. The summed E-state index contributed by atoms with van der Waals surface area (Å²) in [5.74, 6) is -0.820. The van der Waals surface area contributed by atoms with Crippen LogP contribution in [0.1, 0.15) is 10.5 Å². The van der Waals surface area contributed by atoms with Crippen molar-refractivity contribution in [2.45, 2.75) is 6.04 Å². The highest BCUT2D eigenvalue weighted by molar-refractivity contribution is 7.51. The molecule has 178 valence electrons. The first-order valence-electron chi connectivity index (χ1n) is 10.4. The molecule has 0 saturated carbocycles. The van der Waals surface area contributed by atoms with Gasteiger partial charge in [0, 0.05) is 44.4 Å². The molecule has 1 aliphatic rings. The Labute approximate surface area is 190 Å². The molecule has 1 fully saturated rings. The number of hydrogen-bond acceptors (Lipinski definition) is 8. The highest BCUT2D eigenvalue weighted by Crippen LogP contribution is 2.35. The lowest BCUT2D eigenvalue weighted by atomic mass is 10.2. The summed E-state index contributed by atoms with van der Waals surface area (Å²) in [5, 5.41) is 17.5. The molecule has 6 N–H and O–H groups in total. The van der Waals surface area contributed by atoms with Gasteiger partial charge in [0.25, 0.3) is 5.91 Å². The van der Waals surface area contributed by atoms with Crippen LogP contribution in [-0.4, -0.2) is 93.1 Å². The predicted octanol–water partition coefficient (Wildman–Crippen LogP) is -0.744. The third-order valence-corrected chi connectivity index (χ3v) is 5.70. The highest BCUT2D eigenvalue weighted by Gasteiger charge is 2.33. The summed E-state index contributed by atoms with van der Waals surface area (Å²) >= 11 is 0. The molecule has 13 heteroatoms. The second kappa shape index (κ2) is 11.3. The molecule has 3 rings (SSSR count). The normalized spacial score (nSPS) is 15.1. The third kappa shape index (κ3) is 7.31. The maximum Gasteiger partial charge on any atom is 0.328 e. The Hall–Kier alpha value is -2.89. The van der Waals surface area contributed by atoms with Gasteiger partial charge in [0.15, 0.2) is 5.82 Å². The van der Waals surface area contributed by atoms with E-state index < -0.39 is 31.6 Å². The SMILES string of the molecule is O=C(NC(CP(=O)(O)O)C(=O)N1CCNCC1)c1cc(NCCO)nc(-c2ccccc2)n1. The Morgan fingerprint density at radius 2 is 1.85 bits per heavy atom. The number of hydrogen-bond donors (Lipinski definition) is 6. The molecular weight excluding hydrogens is 451 g/mol. The molecule has 1 aromatic heterocycles. The zero-order valence-corrected chi connectivity index (χ0v) is 18.7. The van der Waals surface area contributed by atoms with Crippen molar-refractivity contribution in [2.75, 3.05) is 50.8 Å². The zero-order valence-electron chi connectivity index (χ0n) is 17.8. The molecule has 0 spiro atoms. The number of anilines is 1. The molecule has 0 aliphatic carbocycles. The van der Waals surface area contributed by atoms with Gasteiger partial charge < -0.3 is 35.7 Å². The zero-order chi connectivity index (χ0) is 23.8. The quantitative estimate of drug-likeness (QED) is 0.252. The molecule has 1 aliphatic heterocycles. The van der Waals surface area contributed by atoms with Crippen molar-refractivity contribution in [3.63, 3.8) is 0 Å². The van der Waals surface area contributed by atoms with E-state index in [0.29, 0.717) is 31.7 Å². The van der Waals surface area contributed by atoms with Crippen LogP contribution in [-0.2, 0) is 9.36 Å². The summed E-state index contributed by atoms with van der Waals surface area (Å²) in [6, 6.07) is 8.85. The van der Waals surface area contributed by atoms with Gasteiger partial charge in [-0.1, -0.05) is 30.3 Å². The topological polar surface area (TPSA) is 177 Å². The molecule has 1 saturated heterocycles. The molecule has 2 heterocycles. The number of nitrogens with zero attached hydrogens (tertiary/aromatic N) is 3. The Balaban J connectivity index is 1.88. The van der Waals surface area contributed by atoms with E-state index in [4.69, 9.17) is 5.11 Å². The molecular formula is C20H27N6O6P. The maximum absolute atomic E-state index is 13.0. The van der Waals surface area contributed by atoms with Crippen molar-refractivity contribution in [1.82, 2.24) is 25.5 Å². The van der Waals surface area contributed by atoms with E-state index in [1.54, 1.807) is 24.3 Å². The molecule has 2 aromatic rings. The number of benzene rings is 1. The van der Waals surface area contributed by atoms with Gasteiger partial charge in [-0.15, -0.1) is 0 Å². The number of aromatic nitrogens is 2. The van der Waals surface area contributed by atoms with Crippen molar-refractivity contribution < 1.29 is 29.0 Å². The van der Waals surface area contributed by atoms with Gasteiger partial charge in [0.1, 0.15) is 17.6 Å². The van der Waals surface area contributed by atoms with Crippen LogP contribution in [0.2, 0.25) is 0 Å². The van der Waals surface area contributed by atoms with Crippen LogP contribution in [0.4, 0.5) is 5.82 Å². The Bertz CT molecular complexity index is 1010. The summed E-state index contributed by atoms with van der Waals surface area (Å²) in [5.41, 5.74) is 0.552. The minimum absolute atomic E-state index is 0.0897. The van der Waals surface area contributed by atoms with Crippen LogP contribution >= 0.6 is 7.60 Å². The highest BCUT2D eigenvalue weighted by atomic mass is 31.2. The standard InChI is InChI=1S/C20H27N6O6P/c27-11-8-22-17-12-15(23-18(25-17)14-4-2-1-3-5-14)19(28)24-16(13-33(30,31)32)20(29)26-9-6-21-7-10-26/h1-5,12,16,21,27H,6-11,13H2,(H,24,28)(H,22,23,25)(H2,30,31,32). The van der Waals surface area contributed by atoms with Crippen LogP contribution < -0.4 is 16.0 Å². The summed E-state index contributed by atoms with van der Waals surface area (Å²) < 4.78 is 11.7. The molecule has 0 radical (unpaired) electrons. The average molecular weight is 478 g/mol. The van der Waals surface area contributed by atoms with Crippen molar-refractivity contribution in [3.8, 4) is 11.4 Å². The molecule has 12 nitrogen and oxygen atoms in total. The summed E-state index contributed by atoms with van der Waals surface area (Å²) in [6.07, 6.45) is -0.826. The third-order valence-electron chi connectivity index (χ3n) is 4.86. The van der Waals surface area contributed by atoms with Gasteiger partial charge in [-0.3, -0.25) is 14.2 Å². The minimum atomic E-state index is -4.61. The average Bonchev–Trinajstić information content (AvgIpc) is 2.82. The fourth-order valence-corrected chi connectivity index (χ4v) is 4.04. The lowest BCUT2D eigenvalue weighted by molar-refractivity contribution is -0.133. The summed E-state index contributed by atoms with van der Waals surface area (Å²) in [4.78, 5) is 55.0. The van der Waals surface area contributed by atoms with Crippen molar-refractivity contribution in [1.29, 1.82) is 0 Å². The van der Waals surface area contributed by atoms with Crippen LogP contribution in [0.25, 0.3) is 11.4 Å². The number of carbonyl (C=O) groups is 2. The number of aliphatic hydroxyl groups is 1. The fraction of sp³-hybridized carbons (Fsp3) is 0.400. The number of carbonyl (C=O) groups excluding carboxylic acids is 2. The fourth-order valence-electron chi connectivity index (χ4n) is 3.32. The van der Waals surface area contributed by atoms with E-state index in [9.17, 15) is 23.9 Å². The van der Waals surface area contributed by atoms with Crippen molar-refractivity contribution in [2.24, 2.45) is 0 Å². The predicted molar refractivity (Wildman–Crippen MR) is 121 cm³/mol. The van der Waals surface area contributed by atoms with E-state index in [2.05, 4.69) is 25.9 Å². The molecule has 1 aromatic carbocycles. The molecule has 1 atom stereocenters. The Morgan fingerprint density at radius 1 is 1.15 bits per heavy atom. The first-order valence-corrected chi connectivity index (χ1v) is 12.2. The number of amides is 2. The summed E-state index contributed by atoms with van der Waals surface area (Å²) in [6.45, 7) is 1.87.